The second-order valence-corrected chi connectivity index (χ2v) is 5.29. The Bertz CT molecular complexity index is 724. The predicted octanol–water partition coefficient (Wildman–Crippen LogP) is 2.55. The fourth-order valence-electron chi connectivity index (χ4n) is 1.97. The zero-order chi connectivity index (χ0) is 15.6. The van der Waals surface area contributed by atoms with Gasteiger partial charge in [-0.1, -0.05) is 11.3 Å². The van der Waals surface area contributed by atoms with Gasteiger partial charge in [-0.25, -0.2) is 8.78 Å². The topological polar surface area (TPSA) is 42.3 Å². The average molecular weight is 312 g/mol. The number of anilines is 1. The number of carbonyl (C=O) groups excluding carboxylic acids is 1. The molecule has 1 amide bonds. The third-order valence-corrected chi connectivity index (χ3v) is 3.98. The van der Waals surface area contributed by atoms with Gasteiger partial charge in [0.2, 0.25) is 5.91 Å². The lowest BCUT2D eigenvalue weighted by molar-refractivity contribution is -0.119. The van der Waals surface area contributed by atoms with Crippen LogP contribution in [0.4, 0.5) is 14.5 Å². The second-order valence-electron chi connectivity index (χ2n) is 4.47. The highest BCUT2D eigenvalue weighted by Gasteiger charge is 2.17. The Hall–Kier alpha value is -2.02. The number of halogens is 2. The van der Waals surface area contributed by atoms with Crippen molar-refractivity contribution in [2.75, 3.05) is 11.4 Å². The lowest BCUT2D eigenvalue weighted by atomic mass is 10.2. The van der Waals surface area contributed by atoms with Crippen LogP contribution in [-0.2, 0) is 11.3 Å². The molecular weight excluding hydrogens is 298 g/mol. The van der Waals surface area contributed by atoms with Crippen LogP contribution >= 0.6 is 11.3 Å². The lowest BCUT2D eigenvalue weighted by Crippen LogP contribution is -2.35. The molecule has 0 atom stereocenters. The summed E-state index contributed by atoms with van der Waals surface area (Å²) in [5.41, 5.74) is 0.960. The first-order valence-electron chi connectivity index (χ1n) is 6.34. The van der Waals surface area contributed by atoms with E-state index in [-0.39, 0.29) is 23.0 Å². The molecule has 0 radical (unpaired) electrons. The van der Waals surface area contributed by atoms with Crippen molar-refractivity contribution in [3.63, 3.8) is 0 Å². The fourth-order valence-corrected chi connectivity index (χ4v) is 2.71. The molecule has 0 aliphatic rings. The summed E-state index contributed by atoms with van der Waals surface area (Å²) in [6.45, 7) is 3.63. The molecule has 2 aromatic rings. The summed E-state index contributed by atoms with van der Waals surface area (Å²) in [4.78, 5) is 25.0. The van der Waals surface area contributed by atoms with Crippen molar-refractivity contribution in [1.29, 1.82) is 0 Å². The van der Waals surface area contributed by atoms with Crippen LogP contribution in [0, 0.1) is 18.6 Å². The SMILES string of the molecule is CCN(C(=O)Cn1c(C)csc1=O)c1ccc(F)c(F)c1. The monoisotopic (exact) mass is 312 g/mol. The molecule has 0 bridgehead atoms. The van der Waals surface area contributed by atoms with E-state index >= 15 is 0 Å². The van der Waals surface area contributed by atoms with Gasteiger partial charge in [-0.2, -0.15) is 0 Å². The number of aromatic nitrogens is 1. The Balaban J connectivity index is 2.26. The lowest BCUT2D eigenvalue weighted by Gasteiger charge is -2.21. The van der Waals surface area contributed by atoms with Gasteiger partial charge >= 0.3 is 4.87 Å². The van der Waals surface area contributed by atoms with Crippen molar-refractivity contribution in [3.05, 3.63) is 50.6 Å². The van der Waals surface area contributed by atoms with E-state index in [0.29, 0.717) is 12.2 Å². The molecule has 112 valence electrons. The highest BCUT2D eigenvalue weighted by molar-refractivity contribution is 7.07. The van der Waals surface area contributed by atoms with Crippen molar-refractivity contribution in [2.45, 2.75) is 20.4 Å². The van der Waals surface area contributed by atoms with Crippen LogP contribution in [0.2, 0.25) is 0 Å². The number of thiazole rings is 1. The van der Waals surface area contributed by atoms with Crippen molar-refractivity contribution in [2.24, 2.45) is 0 Å². The van der Waals surface area contributed by atoms with Crippen molar-refractivity contribution in [3.8, 4) is 0 Å². The molecule has 0 N–H and O–H groups in total. The van der Waals surface area contributed by atoms with Crippen molar-refractivity contribution >= 4 is 22.9 Å². The van der Waals surface area contributed by atoms with E-state index in [9.17, 15) is 18.4 Å². The Labute approximate surface area is 124 Å². The van der Waals surface area contributed by atoms with Gasteiger partial charge in [0.15, 0.2) is 11.6 Å². The number of rotatable bonds is 4. The van der Waals surface area contributed by atoms with Gasteiger partial charge < -0.3 is 4.90 Å². The van der Waals surface area contributed by atoms with E-state index < -0.39 is 11.6 Å². The molecule has 0 aliphatic heterocycles. The third kappa shape index (κ3) is 3.18. The first kappa shape index (κ1) is 15.4. The van der Waals surface area contributed by atoms with Gasteiger partial charge in [0.25, 0.3) is 0 Å². The van der Waals surface area contributed by atoms with Gasteiger partial charge in [-0.3, -0.25) is 14.2 Å². The number of likely N-dealkylation sites (N-methyl/N-ethyl adjacent to an activating group) is 1. The summed E-state index contributed by atoms with van der Waals surface area (Å²) in [6, 6.07) is 3.28. The summed E-state index contributed by atoms with van der Waals surface area (Å²) >= 11 is 1.02. The van der Waals surface area contributed by atoms with Crippen LogP contribution in [0.5, 0.6) is 0 Å². The number of nitrogens with zero attached hydrogens (tertiary/aromatic N) is 2. The standard InChI is InChI=1S/C14H14F2N2O2S/c1-3-17(10-4-5-11(15)12(16)6-10)13(19)7-18-9(2)8-21-14(18)20/h4-6,8H,3,7H2,1-2H3. The summed E-state index contributed by atoms with van der Waals surface area (Å²) in [5.74, 6) is -2.33. The molecule has 0 spiro atoms. The zero-order valence-corrected chi connectivity index (χ0v) is 12.4. The smallest absolute Gasteiger partial charge is 0.307 e. The van der Waals surface area contributed by atoms with Crippen LogP contribution in [0.15, 0.2) is 28.4 Å². The number of amides is 1. The van der Waals surface area contributed by atoms with E-state index in [2.05, 4.69) is 0 Å². The normalized spacial score (nSPS) is 10.7. The van der Waals surface area contributed by atoms with Crippen LogP contribution < -0.4 is 9.77 Å². The van der Waals surface area contributed by atoms with Gasteiger partial charge in [0.1, 0.15) is 6.54 Å². The van der Waals surface area contributed by atoms with Gasteiger partial charge in [-0.05, 0) is 26.0 Å². The highest BCUT2D eigenvalue weighted by atomic mass is 32.1. The van der Waals surface area contributed by atoms with Crippen molar-refractivity contribution < 1.29 is 13.6 Å². The molecular formula is C14H14F2N2O2S. The Morgan fingerprint density at radius 1 is 1.33 bits per heavy atom. The molecule has 7 heteroatoms. The van der Waals surface area contributed by atoms with Crippen LogP contribution in [0.25, 0.3) is 0 Å². The van der Waals surface area contributed by atoms with Gasteiger partial charge in [-0.15, -0.1) is 0 Å². The molecule has 0 saturated carbocycles. The average Bonchev–Trinajstić information content (AvgIpc) is 2.75. The number of hydrogen-bond donors (Lipinski definition) is 0. The first-order valence-corrected chi connectivity index (χ1v) is 7.22. The second kappa shape index (κ2) is 6.17. The summed E-state index contributed by atoms with van der Waals surface area (Å²) in [5, 5.41) is 1.67. The maximum absolute atomic E-state index is 13.3. The molecule has 1 aromatic heterocycles. The number of carbonyl (C=O) groups is 1. The first-order chi connectivity index (χ1) is 9.93. The van der Waals surface area contributed by atoms with E-state index in [1.165, 1.54) is 15.5 Å². The number of hydrogen-bond acceptors (Lipinski definition) is 3. The maximum atomic E-state index is 13.3. The van der Waals surface area contributed by atoms with Crippen LogP contribution in [-0.4, -0.2) is 17.0 Å². The van der Waals surface area contributed by atoms with Crippen LogP contribution in [0.3, 0.4) is 0 Å². The Morgan fingerprint density at radius 3 is 2.57 bits per heavy atom. The minimum atomic E-state index is -1.01. The number of aryl methyl sites for hydroxylation is 1. The molecule has 21 heavy (non-hydrogen) atoms. The van der Waals surface area contributed by atoms with Crippen molar-refractivity contribution in [1.82, 2.24) is 4.57 Å². The minimum absolute atomic E-state index is 0.124. The van der Waals surface area contributed by atoms with Gasteiger partial charge in [0.05, 0.1) is 0 Å². The molecule has 1 aromatic carbocycles. The summed E-state index contributed by atoms with van der Waals surface area (Å²) < 4.78 is 27.6. The molecule has 4 nitrogen and oxygen atoms in total. The summed E-state index contributed by atoms with van der Waals surface area (Å²) in [6.07, 6.45) is 0. The Morgan fingerprint density at radius 2 is 2.05 bits per heavy atom. The van der Waals surface area contributed by atoms with E-state index in [4.69, 9.17) is 0 Å². The van der Waals surface area contributed by atoms with Crippen LogP contribution in [0.1, 0.15) is 12.6 Å². The molecule has 0 saturated heterocycles. The fraction of sp³-hybridized carbons (Fsp3) is 0.286. The molecule has 0 aliphatic carbocycles. The third-order valence-electron chi connectivity index (χ3n) is 3.10. The Kier molecular flexibility index (Phi) is 4.52. The number of benzene rings is 1. The molecule has 2 rings (SSSR count). The highest BCUT2D eigenvalue weighted by Crippen LogP contribution is 2.18. The van der Waals surface area contributed by atoms with E-state index in [1.807, 2.05) is 0 Å². The quantitative estimate of drug-likeness (QED) is 0.871. The summed E-state index contributed by atoms with van der Waals surface area (Å²) in [7, 11) is 0. The largest absolute Gasteiger partial charge is 0.311 e. The zero-order valence-electron chi connectivity index (χ0n) is 11.6. The molecule has 0 fully saturated rings. The van der Waals surface area contributed by atoms with Gasteiger partial charge in [0, 0.05) is 29.4 Å². The minimum Gasteiger partial charge on any atom is -0.311 e. The molecule has 1 heterocycles. The van der Waals surface area contributed by atoms with E-state index in [1.54, 1.807) is 19.2 Å². The maximum Gasteiger partial charge on any atom is 0.307 e. The molecule has 0 unspecified atom stereocenters. The van der Waals surface area contributed by atoms with E-state index in [0.717, 1.165) is 23.5 Å². The predicted molar refractivity (Wildman–Crippen MR) is 77.7 cm³/mol.